The highest BCUT2D eigenvalue weighted by atomic mass is 16.5. The van der Waals surface area contributed by atoms with Crippen LogP contribution in [0.25, 0.3) is 17.2 Å². The Hall–Kier alpha value is -4.11. The summed E-state index contributed by atoms with van der Waals surface area (Å²) >= 11 is 0. The van der Waals surface area contributed by atoms with Crippen LogP contribution in [0.4, 0.5) is 5.69 Å². The second kappa shape index (κ2) is 7.46. The second-order valence-corrected chi connectivity index (χ2v) is 9.50. The molecule has 0 saturated carbocycles. The lowest BCUT2D eigenvalue weighted by atomic mass is 9.76. The molecule has 34 heavy (non-hydrogen) atoms. The summed E-state index contributed by atoms with van der Waals surface area (Å²) in [4.78, 5) is 13.1. The van der Waals surface area contributed by atoms with E-state index >= 15 is 0 Å². The monoisotopic (exact) mass is 443 g/mol. The van der Waals surface area contributed by atoms with Crippen molar-refractivity contribution in [2.75, 3.05) is 5.32 Å². The van der Waals surface area contributed by atoms with Gasteiger partial charge < -0.3 is 10.1 Å². The molecule has 166 valence electrons. The Bertz CT molecular complexity index is 1440. The Morgan fingerprint density at radius 3 is 2.26 bits per heavy atom. The molecule has 2 aliphatic rings. The fourth-order valence-electron chi connectivity index (χ4n) is 5.02. The van der Waals surface area contributed by atoms with Crippen LogP contribution in [0, 0.1) is 0 Å². The molecule has 3 heteroatoms. The maximum absolute atomic E-state index is 13.1. The molecule has 0 aliphatic carbocycles. The van der Waals surface area contributed by atoms with E-state index in [1.165, 1.54) is 5.56 Å². The molecule has 1 atom stereocenters. The van der Waals surface area contributed by atoms with Gasteiger partial charge in [-0.2, -0.15) is 0 Å². The predicted molar refractivity (Wildman–Crippen MR) is 137 cm³/mol. The minimum Gasteiger partial charge on any atom is -0.463 e. The molecule has 2 aliphatic heterocycles. The van der Waals surface area contributed by atoms with Gasteiger partial charge in [0, 0.05) is 22.4 Å². The summed E-state index contributed by atoms with van der Waals surface area (Å²) in [6.45, 7) is 4.33. The molecule has 1 spiro atoms. The smallest absolute Gasteiger partial charge is 0.209 e. The third-order valence-corrected chi connectivity index (χ3v) is 7.13. The van der Waals surface area contributed by atoms with E-state index in [0.29, 0.717) is 11.1 Å². The maximum atomic E-state index is 13.1. The van der Waals surface area contributed by atoms with E-state index in [4.69, 9.17) is 4.74 Å². The van der Waals surface area contributed by atoms with Crippen LogP contribution in [0.5, 0.6) is 5.75 Å². The van der Waals surface area contributed by atoms with E-state index < -0.39 is 11.1 Å². The van der Waals surface area contributed by atoms with Gasteiger partial charge >= 0.3 is 0 Å². The van der Waals surface area contributed by atoms with Gasteiger partial charge in [-0.15, -0.1) is 0 Å². The number of carbonyl (C=O) groups is 1. The summed E-state index contributed by atoms with van der Waals surface area (Å²) in [7, 11) is 0. The lowest BCUT2D eigenvalue weighted by Gasteiger charge is -2.41. The maximum Gasteiger partial charge on any atom is 0.209 e. The highest BCUT2D eigenvalue weighted by molar-refractivity contribution is 6.09. The zero-order valence-corrected chi connectivity index (χ0v) is 19.2. The zero-order chi connectivity index (χ0) is 23.3. The molecule has 1 N–H and O–H groups in total. The van der Waals surface area contributed by atoms with Crippen LogP contribution in [0.3, 0.4) is 0 Å². The van der Waals surface area contributed by atoms with E-state index in [0.717, 1.165) is 28.1 Å². The number of carbonyl (C=O) groups excluding carboxylic acids is 1. The highest BCUT2D eigenvalue weighted by Crippen LogP contribution is 2.51. The SMILES string of the molecule is CC1(C)c2cc(C(=O)c3ccccc3)ccc2NC12C=Cc1cc(-c3ccccc3)ccc1O2. The Labute approximate surface area is 199 Å². The zero-order valence-electron chi connectivity index (χ0n) is 19.2. The summed E-state index contributed by atoms with van der Waals surface area (Å²) < 4.78 is 6.67. The summed E-state index contributed by atoms with van der Waals surface area (Å²) in [5.41, 5.74) is 5.71. The van der Waals surface area contributed by atoms with Crippen LogP contribution in [0.2, 0.25) is 0 Å². The van der Waals surface area contributed by atoms with E-state index in [2.05, 4.69) is 67.7 Å². The largest absolute Gasteiger partial charge is 0.463 e. The van der Waals surface area contributed by atoms with Gasteiger partial charge in [-0.25, -0.2) is 0 Å². The number of hydrogen-bond donors (Lipinski definition) is 1. The number of ether oxygens (including phenoxy) is 1. The van der Waals surface area contributed by atoms with Crippen LogP contribution in [-0.4, -0.2) is 11.5 Å². The van der Waals surface area contributed by atoms with E-state index in [1.54, 1.807) is 0 Å². The second-order valence-electron chi connectivity index (χ2n) is 9.50. The first-order chi connectivity index (χ1) is 16.5. The Balaban J connectivity index is 1.35. The van der Waals surface area contributed by atoms with Crippen LogP contribution in [0.1, 0.15) is 40.9 Å². The molecule has 1 unspecified atom stereocenters. The molecule has 3 nitrogen and oxygen atoms in total. The number of rotatable bonds is 3. The van der Waals surface area contributed by atoms with Crippen LogP contribution < -0.4 is 10.1 Å². The summed E-state index contributed by atoms with van der Waals surface area (Å²) in [5, 5.41) is 3.61. The fourth-order valence-corrected chi connectivity index (χ4v) is 5.02. The minimum absolute atomic E-state index is 0.0269. The minimum atomic E-state index is -0.731. The van der Waals surface area contributed by atoms with Crippen molar-refractivity contribution in [3.05, 3.63) is 125 Å². The van der Waals surface area contributed by atoms with Gasteiger partial charge in [0.1, 0.15) is 5.75 Å². The number of nitrogens with one attached hydrogen (secondary N) is 1. The Morgan fingerprint density at radius 1 is 0.765 bits per heavy atom. The third kappa shape index (κ3) is 3.08. The molecule has 6 rings (SSSR count). The molecule has 0 aromatic heterocycles. The molecule has 2 heterocycles. The normalized spacial score (nSPS) is 19.1. The molecular formula is C31H25NO2. The molecule has 4 aromatic carbocycles. The topological polar surface area (TPSA) is 38.3 Å². The summed E-state index contributed by atoms with van der Waals surface area (Å²) in [6, 6.07) is 32.0. The predicted octanol–water partition coefficient (Wildman–Crippen LogP) is 7.09. The van der Waals surface area contributed by atoms with Gasteiger partial charge in [0.05, 0.1) is 5.41 Å². The van der Waals surface area contributed by atoms with E-state index in [9.17, 15) is 4.79 Å². The fraction of sp³-hybridized carbons (Fsp3) is 0.129. The molecule has 0 amide bonds. The number of hydrogen-bond acceptors (Lipinski definition) is 3. The first-order valence-corrected chi connectivity index (χ1v) is 11.6. The van der Waals surface area contributed by atoms with E-state index in [1.807, 2.05) is 60.7 Å². The van der Waals surface area contributed by atoms with Gasteiger partial charge in [0.15, 0.2) is 5.78 Å². The first-order valence-electron chi connectivity index (χ1n) is 11.6. The summed E-state index contributed by atoms with van der Waals surface area (Å²) in [6.07, 6.45) is 4.25. The number of benzene rings is 4. The molecule has 0 fully saturated rings. The van der Waals surface area contributed by atoms with E-state index in [-0.39, 0.29) is 5.78 Å². The quantitative estimate of drug-likeness (QED) is 0.344. The van der Waals surface area contributed by atoms with Gasteiger partial charge in [-0.1, -0.05) is 66.7 Å². The van der Waals surface area contributed by atoms with Crippen molar-refractivity contribution in [1.29, 1.82) is 0 Å². The first kappa shape index (κ1) is 20.5. The third-order valence-electron chi connectivity index (χ3n) is 7.13. The van der Waals surface area contributed by atoms with Crippen molar-refractivity contribution in [2.45, 2.75) is 25.0 Å². The highest BCUT2D eigenvalue weighted by Gasteiger charge is 2.54. The van der Waals surface area contributed by atoms with Crippen molar-refractivity contribution < 1.29 is 9.53 Å². The standard InChI is InChI=1S/C31H25NO2/c1-30(2)26-20-25(29(33)22-11-7-4-8-12-22)13-15-27(26)32-31(30)18-17-24-19-23(14-16-28(24)34-31)21-9-5-3-6-10-21/h3-20,32H,1-2H3. The molecular weight excluding hydrogens is 418 g/mol. The lowest BCUT2D eigenvalue weighted by Crippen LogP contribution is -2.53. The van der Waals surface area contributed by atoms with Gasteiger partial charge in [0.2, 0.25) is 5.72 Å². The molecule has 0 bridgehead atoms. The average Bonchev–Trinajstić information content (AvgIpc) is 3.09. The molecule has 0 saturated heterocycles. The number of fused-ring (bicyclic) bond motifs is 2. The van der Waals surface area contributed by atoms with Gasteiger partial charge in [-0.05, 0) is 73.0 Å². The van der Waals surface area contributed by atoms with Crippen molar-refractivity contribution in [1.82, 2.24) is 0 Å². The number of anilines is 1. The van der Waals surface area contributed by atoms with Crippen molar-refractivity contribution in [3.8, 4) is 16.9 Å². The van der Waals surface area contributed by atoms with Crippen molar-refractivity contribution in [3.63, 3.8) is 0 Å². The lowest BCUT2D eigenvalue weighted by molar-refractivity contribution is 0.0823. The van der Waals surface area contributed by atoms with Crippen molar-refractivity contribution >= 4 is 17.5 Å². The summed E-state index contributed by atoms with van der Waals surface area (Å²) in [5.74, 6) is 0.871. The Morgan fingerprint density at radius 2 is 1.50 bits per heavy atom. The average molecular weight is 444 g/mol. The van der Waals surface area contributed by atoms with Crippen LogP contribution in [-0.2, 0) is 5.41 Å². The van der Waals surface area contributed by atoms with Crippen LogP contribution >= 0.6 is 0 Å². The van der Waals surface area contributed by atoms with Gasteiger partial charge in [-0.3, -0.25) is 4.79 Å². The van der Waals surface area contributed by atoms with Crippen molar-refractivity contribution in [2.24, 2.45) is 0 Å². The number of ketones is 1. The molecule has 4 aromatic rings. The molecule has 0 radical (unpaired) electrons. The van der Waals surface area contributed by atoms with Gasteiger partial charge in [0.25, 0.3) is 0 Å². The Kier molecular flexibility index (Phi) is 4.50. The van der Waals surface area contributed by atoms with Crippen LogP contribution in [0.15, 0.2) is 103 Å².